The molecular weight excluding hydrogens is 528 g/mol. The molecule has 0 aliphatic carbocycles. The second kappa shape index (κ2) is 16.6. The Morgan fingerprint density at radius 1 is 0.643 bits per heavy atom. The lowest BCUT2D eigenvalue weighted by Gasteiger charge is -2.09. The number of unbranched alkanes of at least 4 members (excludes halogenated alkanes) is 5. The van der Waals surface area contributed by atoms with E-state index in [0.717, 1.165) is 18.4 Å². The minimum Gasteiger partial charge on any atom is -0.507 e. The third-order valence-electron chi connectivity index (χ3n) is 6.78. The second-order valence-electron chi connectivity index (χ2n) is 10.1. The molecule has 0 amide bonds. The Morgan fingerprint density at radius 3 is 1.74 bits per heavy atom. The number of rotatable bonds is 13. The number of aryl methyl sites for hydroxylation is 1. The molecule has 0 spiro atoms. The molecule has 0 saturated carbocycles. The van der Waals surface area contributed by atoms with E-state index >= 15 is 0 Å². The topological polar surface area (TPSA) is 93.1 Å². The monoisotopic (exact) mass is 568 g/mol. The second-order valence-corrected chi connectivity index (χ2v) is 10.1. The Labute approximate surface area is 248 Å². The molecular formula is C36H40O6. The summed E-state index contributed by atoms with van der Waals surface area (Å²) < 4.78 is 10.6. The van der Waals surface area contributed by atoms with Gasteiger partial charge in [-0.05, 0) is 37.6 Å². The Hall–Kier alpha value is -4.58. The maximum absolute atomic E-state index is 12.4. The number of phenols is 2. The van der Waals surface area contributed by atoms with Gasteiger partial charge >= 0.3 is 0 Å². The first-order chi connectivity index (χ1) is 20.3. The number of ketones is 2. The van der Waals surface area contributed by atoms with Gasteiger partial charge in [0.05, 0.1) is 24.8 Å². The lowest BCUT2D eigenvalue weighted by atomic mass is 10.0. The fourth-order valence-corrected chi connectivity index (χ4v) is 4.30. The number of carbonyl (C=O) groups is 2. The Balaban J connectivity index is 0.000000240. The summed E-state index contributed by atoms with van der Waals surface area (Å²) in [7, 11) is 1.51. The van der Waals surface area contributed by atoms with Crippen molar-refractivity contribution in [3.05, 3.63) is 119 Å². The van der Waals surface area contributed by atoms with Gasteiger partial charge in [-0.2, -0.15) is 0 Å². The van der Waals surface area contributed by atoms with E-state index in [2.05, 4.69) is 6.92 Å². The number of hydrogen-bond donors (Lipinski definition) is 2. The van der Waals surface area contributed by atoms with E-state index in [4.69, 9.17) is 9.47 Å². The summed E-state index contributed by atoms with van der Waals surface area (Å²) in [5, 5.41) is 19.9. The average molecular weight is 569 g/mol. The molecule has 0 heterocycles. The molecule has 0 bridgehead atoms. The van der Waals surface area contributed by atoms with Crippen molar-refractivity contribution in [3.8, 4) is 23.0 Å². The van der Waals surface area contributed by atoms with Crippen LogP contribution in [-0.4, -0.2) is 35.5 Å². The number of methoxy groups -OCH3 is 1. The number of aromatic hydroxyl groups is 2. The van der Waals surface area contributed by atoms with E-state index < -0.39 is 0 Å². The third-order valence-corrected chi connectivity index (χ3v) is 6.78. The van der Waals surface area contributed by atoms with Gasteiger partial charge in [0.1, 0.15) is 23.0 Å². The van der Waals surface area contributed by atoms with Gasteiger partial charge in [0.15, 0.2) is 11.6 Å². The Morgan fingerprint density at radius 2 is 1.17 bits per heavy atom. The molecule has 220 valence electrons. The van der Waals surface area contributed by atoms with Crippen LogP contribution in [0.3, 0.4) is 0 Å². The smallest absolute Gasteiger partial charge is 0.196 e. The molecule has 6 nitrogen and oxygen atoms in total. The molecule has 0 unspecified atom stereocenters. The summed E-state index contributed by atoms with van der Waals surface area (Å²) in [6, 6.07) is 25.7. The van der Waals surface area contributed by atoms with Crippen LogP contribution in [0.5, 0.6) is 23.0 Å². The number of phenolic OH excluding ortho intramolecular Hbond substituents is 2. The van der Waals surface area contributed by atoms with Gasteiger partial charge in [0.25, 0.3) is 0 Å². The number of ether oxygens (including phenoxy) is 2. The van der Waals surface area contributed by atoms with Gasteiger partial charge in [-0.15, -0.1) is 0 Å². The first-order valence-electron chi connectivity index (χ1n) is 14.4. The first-order valence-corrected chi connectivity index (χ1v) is 14.4. The summed E-state index contributed by atoms with van der Waals surface area (Å²) >= 11 is 0. The maximum Gasteiger partial charge on any atom is 0.196 e. The van der Waals surface area contributed by atoms with Gasteiger partial charge in [-0.3, -0.25) is 9.59 Å². The van der Waals surface area contributed by atoms with E-state index in [1.54, 1.807) is 48.5 Å². The van der Waals surface area contributed by atoms with E-state index in [9.17, 15) is 19.8 Å². The minimum absolute atomic E-state index is 0.0377. The number of carbonyl (C=O) groups excluding carboxylic acids is 2. The molecule has 0 aromatic heterocycles. The molecule has 0 saturated heterocycles. The van der Waals surface area contributed by atoms with E-state index in [-0.39, 0.29) is 28.6 Å². The fourth-order valence-electron chi connectivity index (χ4n) is 4.30. The van der Waals surface area contributed by atoms with E-state index in [1.807, 2.05) is 37.3 Å². The molecule has 0 fully saturated rings. The Kier molecular flexibility index (Phi) is 12.6. The molecule has 4 aromatic rings. The summed E-state index contributed by atoms with van der Waals surface area (Å²) in [6.45, 7) is 4.80. The van der Waals surface area contributed by atoms with Crippen molar-refractivity contribution in [1.82, 2.24) is 0 Å². The summed E-state index contributed by atoms with van der Waals surface area (Å²) in [5.41, 5.74) is 2.79. The van der Waals surface area contributed by atoms with Gasteiger partial charge in [-0.25, -0.2) is 0 Å². The van der Waals surface area contributed by atoms with Gasteiger partial charge in [0.2, 0.25) is 0 Å². The predicted octanol–water partition coefficient (Wildman–Crippen LogP) is 8.30. The highest BCUT2D eigenvalue weighted by Gasteiger charge is 2.15. The highest BCUT2D eigenvalue weighted by Crippen LogP contribution is 2.27. The van der Waals surface area contributed by atoms with Crippen molar-refractivity contribution in [2.45, 2.75) is 52.4 Å². The van der Waals surface area contributed by atoms with Crippen molar-refractivity contribution in [2.24, 2.45) is 0 Å². The van der Waals surface area contributed by atoms with E-state index in [0.29, 0.717) is 34.8 Å². The van der Waals surface area contributed by atoms with Crippen molar-refractivity contribution in [2.75, 3.05) is 13.7 Å². The number of hydrogen-bond acceptors (Lipinski definition) is 6. The zero-order valence-electron chi connectivity index (χ0n) is 24.6. The predicted molar refractivity (Wildman–Crippen MR) is 166 cm³/mol. The van der Waals surface area contributed by atoms with E-state index in [1.165, 1.54) is 44.9 Å². The van der Waals surface area contributed by atoms with Crippen molar-refractivity contribution in [3.63, 3.8) is 0 Å². The van der Waals surface area contributed by atoms with Crippen LogP contribution in [0.2, 0.25) is 0 Å². The summed E-state index contributed by atoms with van der Waals surface area (Å²) in [4.78, 5) is 24.5. The molecule has 0 radical (unpaired) electrons. The van der Waals surface area contributed by atoms with Gasteiger partial charge in [0, 0.05) is 23.3 Å². The SMILES string of the molecule is CCCCCCCCOc1ccc(C(=O)c2ccccc2)c(O)c1.COc1ccc(C(=O)c2ccc(C)cc2)c(O)c1. The molecule has 4 aromatic carbocycles. The molecule has 0 aliphatic rings. The molecule has 4 rings (SSSR count). The van der Waals surface area contributed by atoms with Crippen LogP contribution in [0.1, 0.15) is 82.9 Å². The van der Waals surface area contributed by atoms with Crippen LogP contribution in [-0.2, 0) is 0 Å². The van der Waals surface area contributed by atoms with Crippen molar-refractivity contribution >= 4 is 11.6 Å². The standard InChI is InChI=1S/C21H26O3.C15H14O3/c1-2-3-4-5-6-10-15-24-18-13-14-19(20(22)16-18)21(23)17-11-8-7-9-12-17;1-10-3-5-11(6-4-10)15(17)13-8-7-12(18-2)9-14(13)16/h7-9,11-14,16,22H,2-6,10,15H2,1H3;3-9,16H,1-2H3. The van der Waals surface area contributed by atoms with Crippen LogP contribution in [0.15, 0.2) is 91.0 Å². The van der Waals surface area contributed by atoms with Crippen LogP contribution >= 0.6 is 0 Å². The quantitative estimate of drug-likeness (QED) is 0.124. The third kappa shape index (κ3) is 9.51. The molecule has 6 heteroatoms. The van der Waals surface area contributed by atoms with Crippen molar-refractivity contribution in [1.29, 1.82) is 0 Å². The van der Waals surface area contributed by atoms with Gasteiger partial charge < -0.3 is 19.7 Å². The molecule has 2 N–H and O–H groups in total. The van der Waals surface area contributed by atoms with Gasteiger partial charge in [-0.1, -0.05) is 99.2 Å². The zero-order chi connectivity index (χ0) is 30.3. The highest BCUT2D eigenvalue weighted by molar-refractivity contribution is 6.11. The minimum atomic E-state index is -0.199. The number of benzene rings is 4. The lowest BCUT2D eigenvalue weighted by molar-refractivity contribution is 0.102. The fraction of sp³-hybridized carbons (Fsp3) is 0.278. The van der Waals surface area contributed by atoms with Crippen LogP contribution in [0.25, 0.3) is 0 Å². The van der Waals surface area contributed by atoms with Crippen molar-refractivity contribution < 1.29 is 29.3 Å². The lowest BCUT2D eigenvalue weighted by Crippen LogP contribution is -2.02. The van der Waals surface area contributed by atoms with Crippen LogP contribution < -0.4 is 9.47 Å². The van der Waals surface area contributed by atoms with Crippen LogP contribution in [0, 0.1) is 6.92 Å². The molecule has 0 aliphatic heterocycles. The average Bonchev–Trinajstić information content (AvgIpc) is 3.01. The molecule has 42 heavy (non-hydrogen) atoms. The largest absolute Gasteiger partial charge is 0.507 e. The van der Waals surface area contributed by atoms with Crippen LogP contribution in [0.4, 0.5) is 0 Å². The highest BCUT2D eigenvalue weighted by atomic mass is 16.5. The Bertz CT molecular complexity index is 1430. The first kappa shape index (κ1) is 31.9. The normalized spacial score (nSPS) is 10.4. The maximum atomic E-state index is 12.4. The molecule has 0 atom stereocenters. The summed E-state index contributed by atoms with van der Waals surface area (Å²) in [6.07, 6.45) is 7.25. The summed E-state index contributed by atoms with van der Waals surface area (Å²) in [5.74, 6) is 0.633. The zero-order valence-corrected chi connectivity index (χ0v) is 24.6.